The SMILES string of the molecule is CCC(C)NC(=O)CN1CC(C)CC(N)C1. The van der Waals surface area contributed by atoms with E-state index in [0.29, 0.717) is 12.5 Å². The van der Waals surface area contributed by atoms with Crippen molar-refractivity contribution in [1.29, 1.82) is 0 Å². The van der Waals surface area contributed by atoms with Gasteiger partial charge in [0.25, 0.3) is 0 Å². The Bertz CT molecular complexity index is 222. The minimum atomic E-state index is 0.121. The van der Waals surface area contributed by atoms with E-state index in [0.717, 1.165) is 25.9 Å². The van der Waals surface area contributed by atoms with Crippen LogP contribution in [0.15, 0.2) is 0 Å². The summed E-state index contributed by atoms with van der Waals surface area (Å²) in [4.78, 5) is 13.9. The summed E-state index contributed by atoms with van der Waals surface area (Å²) in [5, 5.41) is 2.99. The first-order valence-corrected chi connectivity index (χ1v) is 6.28. The zero-order chi connectivity index (χ0) is 12.1. The summed E-state index contributed by atoms with van der Waals surface area (Å²) >= 11 is 0. The van der Waals surface area contributed by atoms with Crippen molar-refractivity contribution in [3.05, 3.63) is 0 Å². The van der Waals surface area contributed by atoms with Crippen molar-refractivity contribution < 1.29 is 4.79 Å². The molecule has 3 N–H and O–H groups in total. The molecule has 1 saturated heterocycles. The Hall–Kier alpha value is -0.610. The fraction of sp³-hybridized carbons (Fsp3) is 0.917. The summed E-state index contributed by atoms with van der Waals surface area (Å²) in [6.45, 7) is 8.62. The van der Waals surface area contributed by atoms with Crippen molar-refractivity contribution in [2.24, 2.45) is 11.7 Å². The Morgan fingerprint density at radius 2 is 2.25 bits per heavy atom. The predicted octanol–water partition coefficient (Wildman–Crippen LogP) is 0.570. The molecule has 0 aromatic heterocycles. The number of nitrogens with zero attached hydrogens (tertiary/aromatic N) is 1. The molecule has 0 spiro atoms. The lowest BCUT2D eigenvalue weighted by molar-refractivity contribution is -0.123. The van der Waals surface area contributed by atoms with Crippen LogP contribution >= 0.6 is 0 Å². The maximum absolute atomic E-state index is 11.7. The molecule has 1 fully saturated rings. The first-order valence-electron chi connectivity index (χ1n) is 6.28. The first kappa shape index (κ1) is 13.5. The Kier molecular flexibility index (Phi) is 5.22. The minimum Gasteiger partial charge on any atom is -0.353 e. The molecule has 0 aromatic carbocycles. The minimum absolute atomic E-state index is 0.121. The maximum atomic E-state index is 11.7. The van der Waals surface area contributed by atoms with E-state index in [1.165, 1.54) is 0 Å². The Morgan fingerprint density at radius 1 is 1.56 bits per heavy atom. The number of likely N-dealkylation sites (tertiary alicyclic amines) is 1. The second kappa shape index (κ2) is 6.21. The second-order valence-corrected chi connectivity index (χ2v) is 5.17. The lowest BCUT2D eigenvalue weighted by Gasteiger charge is -2.34. The number of rotatable bonds is 4. The highest BCUT2D eigenvalue weighted by atomic mass is 16.2. The molecule has 3 atom stereocenters. The number of hydrogen-bond donors (Lipinski definition) is 2. The monoisotopic (exact) mass is 227 g/mol. The highest BCUT2D eigenvalue weighted by molar-refractivity contribution is 5.78. The average Bonchev–Trinajstić information content (AvgIpc) is 2.15. The van der Waals surface area contributed by atoms with Crippen molar-refractivity contribution in [2.45, 2.75) is 45.7 Å². The zero-order valence-corrected chi connectivity index (χ0v) is 10.7. The van der Waals surface area contributed by atoms with Gasteiger partial charge in [-0.15, -0.1) is 0 Å². The molecule has 0 aromatic rings. The van der Waals surface area contributed by atoms with Crippen LogP contribution < -0.4 is 11.1 Å². The van der Waals surface area contributed by atoms with Gasteiger partial charge in [0.1, 0.15) is 0 Å². The van der Waals surface area contributed by atoms with Gasteiger partial charge in [-0.1, -0.05) is 13.8 Å². The summed E-state index contributed by atoms with van der Waals surface area (Å²) in [6.07, 6.45) is 2.05. The molecule has 0 saturated carbocycles. The molecule has 1 amide bonds. The van der Waals surface area contributed by atoms with Crippen LogP contribution in [-0.4, -0.2) is 42.5 Å². The van der Waals surface area contributed by atoms with Crippen LogP contribution in [0.4, 0.5) is 0 Å². The molecular weight excluding hydrogens is 202 g/mol. The van der Waals surface area contributed by atoms with Crippen molar-refractivity contribution in [3.63, 3.8) is 0 Å². The van der Waals surface area contributed by atoms with E-state index in [1.807, 2.05) is 6.92 Å². The highest BCUT2D eigenvalue weighted by Gasteiger charge is 2.23. The fourth-order valence-corrected chi connectivity index (χ4v) is 2.27. The topological polar surface area (TPSA) is 58.4 Å². The Labute approximate surface area is 98.6 Å². The standard InChI is InChI=1S/C12H25N3O/c1-4-10(3)14-12(16)8-15-6-9(2)5-11(13)7-15/h9-11H,4-8,13H2,1-3H3,(H,14,16). The van der Waals surface area contributed by atoms with Gasteiger partial charge < -0.3 is 11.1 Å². The largest absolute Gasteiger partial charge is 0.353 e. The highest BCUT2D eigenvalue weighted by Crippen LogP contribution is 2.14. The van der Waals surface area contributed by atoms with Crippen LogP contribution in [0, 0.1) is 5.92 Å². The van der Waals surface area contributed by atoms with Gasteiger partial charge in [0.2, 0.25) is 5.91 Å². The molecular formula is C12H25N3O. The first-order chi connectivity index (χ1) is 7.51. The van der Waals surface area contributed by atoms with E-state index in [4.69, 9.17) is 5.73 Å². The summed E-state index contributed by atoms with van der Waals surface area (Å²) in [5.74, 6) is 0.718. The van der Waals surface area contributed by atoms with E-state index in [2.05, 4.69) is 24.1 Å². The molecule has 0 aliphatic carbocycles. The third kappa shape index (κ3) is 4.49. The molecule has 3 unspecified atom stereocenters. The third-order valence-corrected chi connectivity index (χ3v) is 3.15. The van der Waals surface area contributed by atoms with Gasteiger partial charge in [-0.3, -0.25) is 9.69 Å². The molecule has 94 valence electrons. The van der Waals surface area contributed by atoms with E-state index in [-0.39, 0.29) is 18.0 Å². The van der Waals surface area contributed by atoms with Crippen molar-refractivity contribution in [1.82, 2.24) is 10.2 Å². The fourth-order valence-electron chi connectivity index (χ4n) is 2.27. The molecule has 1 aliphatic heterocycles. The molecule has 4 heteroatoms. The molecule has 0 radical (unpaired) electrons. The quantitative estimate of drug-likeness (QED) is 0.738. The number of carbonyl (C=O) groups is 1. The number of carbonyl (C=O) groups excluding carboxylic acids is 1. The zero-order valence-electron chi connectivity index (χ0n) is 10.7. The second-order valence-electron chi connectivity index (χ2n) is 5.17. The van der Waals surface area contributed by atoms with Gasteiger partial charge in [0.15, 0.2) is 0 Å². The smallest absolute Gasteiger partial charge is 0.234 e. The molecule has 1 rings (SSSR count). The number of nitrogens with two attached hydrogens (primary N) is 1. The van der Waals surface area contributed by atoms with Crippen LogP contribution in [0.2, 0.25) is 0 Å². The summed E-state index contributed by atoms with van der Waals surface area (Å²) in [5.41, 5.74) is 5.95. The van der Waals surface area contributed by atoms with Gasteiger partial charge in [-0.05, 0) is 25.7 Å². The van der Waals surface area contributed by atoms with Gasteiger partial charge in [-0.25, -0.2) is 0 Å². The van der Waals surface area contributed by atoms with Gasteiger partial charge in [-0.2, -0.15) is 0 Å². The van der Waals surface area contributed by atoms with Crippen molar-refractivity contribution in [2.75, 3.05) is 19.6 Å². The van der Waals surface area contributed by atoms with E-state index in [9.17, 15) is 4.79 Å². The lowest BCUT2D eigenvalue weighted by atomic mass is 9.97. The van der Waals surface area contributed by atoms with Crippen molar-refractivity contribution >= 4 is 5.91 Å². The summed E-state index contributed by atoms with van der Waals surface area (Å²) in [6, 6.07) is 0.489. The van der Waals surface area contributed by atoms with E-state index in [1.54, 1.807) is 0 Å². The number of nitrogens with one attached hydrogen (secondary N) is 1. The van der Waals surface area contributed by atoms with E-state index < -0.39 is 0 Å². The van der Waals surface area contributed by atoms with Gasteiger partial charge in [0.05, 0.1) is 6.54 Å². The van der Waals surface area contributed by atoms with Crippen LogP contribution in [0.25, 0.3) is 0 Å². The molecule has 1 aliphatic rings. The van der Waals surface area contributed by atoms with Gasteiger partial charge >= 0.3 is 0 Å². The number of hydrogen-bond acceptors (Lipinski definition) is 3. The molecule has 16 heavy (non-hydrogen) atoms. The van der Waals surface area contributed by atoms with Crippen LogP contribution in [0.1, 0.15) is 33.6 Å². The normalized spacial score (nSPS) is 28.8. The summed E-state index contributed by atoms with van der Waals surface area (Å²) < 4.78 is 0. The maximum Gasteiger partial charge on any atom is 0.234 e. The number of piperidine rings is 1. The lowest BCUT2D eigenvalue weighted by Crippen LogP contribution is -2.50. The molecule has 1 heterocycles. The van der Waals surface area contributed by atoms with Crippen molar-refractivity contribution in [3.8, 4) is 0 Å². The molecule has 0 bridgehead atoms. The predicted molar refractivity (Wildman–Crippen MR) is 66.1 cm³/mol. The van der Waals surface area contributed by atoms with Crippen LogP contribution in [0.3, 0.4) is 0 Å². The Morgan fingerprint density at radius 3 is 2.81 bits per heavy atom. The van der Waals surface area contributed by atoms with Crippen LogP contribution in [0.5, 0.6) is 0 Å². The number of amides is 1. The third-order valence-electron chi connectivity index (χ3n) is 3.15. The van der Waals surface area contributed by atoms with E-state index >= 15 is 0 Å². The molecule has 4 nitrogen and oxygen atoms in total. The van der Waals surface area contributed by atoms with Gasteiger partial charge in [0, 0.05) is 25.2 Å². The summed E-state index contributed by atoms with van der Waals surface area (Å²) in [7, 11) is 0. The Balaban J connectivity index is 2.33. The van der Waals surface area contributed by atoms with Crippen LogP contribution in [-0.2, 0) is 4.79 Å². The average molecular weight is 227 g/mol.